The summed E-state index contributed by atoms with van der Waals surface area (Å²) in [5, 5.41) is 0. The Morgan fingerprint density at radius 1 is 0.683 bits per heavy atom. The number of ether oxygens (including phenoxy) is 9. The van der Waals surface area contributed by atoms with E-state index in [0.29, 0.717) is 12.8 Å². The molecular formula is C39H54FO19P. The van der Waals surface area contributed by atoms with Crippen LogP contribution in [0.5, 0.6) is 0 Å². The smallest absolute Gasteiger partial charge is 0.463 e. The van der Waals surface area contributed by atoms with Gasteiger partial charge in [-0.15, -0.1) is 6.58 Å². The summed E-state index contributed by atoms with van der Waals surface area (Å²) in [4.78, 5) is 84.8. The third kappa shape index (κ3) is 16.6. The minimum atomic E-state index is -5.08. The van der Waals surface area contributed by atoms with Gasteiger partial charge in [-0.05, 0) is 31.4 Å². The summed E-state index contributed by atoms with van der Waals surface area (Å²) in [6.45, 7) is 7.09. The number of halogens is 1. The van der Waals surface area contributed by atoms with Gasteiger partial charge in [0.15, 0.2) is 36.9 Å². The molecule has 0 aliphatic carbocycles. The lowest BCUT2D eigenvalue weighted by Crippen LogP contribution is -2.66. The first-order chi connectivity index (χ1) is 28.4. The molecule has 0 bridgehead atoms. The van der Waals surface area contributed by atoms with Crippen LogP contribution in [0.4, 0.5) is 4.39 Å². The molecule has 2 aliphatic rings. The summed E-state index contributed by atoms with van der Waals surface area (Å²) < 4.78 is 90.7. The van der Waals surface area contributed by atoms with Crippen LogP contribution in [0.3, 0.4) is 0 Å². The van der Waals surface area contributed by atoms with Gasteiger partial charge in [0.1, 0.15) is 31.5 Å². The van der Waals surface area contributed by atoms with Crippen LogP contribution in [0.1, 0.15) is 89.9 Å². The van der Waals surface area contributed by atoms with Gasteiger partial charge in [0.25, 0.3) is 0 Å². The Bertz CT molecular complexity index is 1640. The molecule has 2 heterocycles. The van der Waals surface area contributed by atoms with Crippen molar-refractivity contribution in [1.82, 2.24) is 0 Å². The van der Waals surface area contributed by atoms with E-state index >= 15 is 4.39 Å². The zero-order chi connectivity index (χ0) is 44.4. The van der Waals surface area contributed by atoms with Crippen LogP contribution < -0.4 is 0 Å². The molecule has 1 aromatic rings. The van der Waals surface area contributed by atoms with Gasteiger partial charge in [0.05, 0.1) is 12.2 Å². The van der Waals surface area contributed by atoms with Crippen molar-refractivity contribution in [2.24, 2.45) is 0 Å². The van der Waals surface area contributed by atoms with Gasteiger partial charge in [-0.2, -0.15) is 0 Å². The Balaban J connectivity index is 2.00. The molecule has 0 saturated carbocycles. The quantitative estimate of drug-likeness (QED) is 0.0528. The van der Waals surface area contributed by atoms with Crippen LogP contribution >= 0.6 is 7.82 Å². The zero-order valence-corrected chi connectivity index (χ0v) is 35.0. The van der Waals surface area contributed by atoms with E-state index in [2.05, 4.69) is 6.58 Å². The first-order valence-corrected chi connectivity index (χ1v) is 20.8. The molecule has 2 saturated heterocycles. The number of hydrogen-bond donors (Lipinski definition) is 1. The van der Waals surface area contributed by atoms with Crippen molar-refractivity contribution in [3.8, 4) is 0 Å². The molecule has 0 radical (unpaired) electrons. The van der Waals surface area contributed by atoms with Gasteiger partial charge in [-0.25, -0.2) is 13.8 Å². The van der Waals surface area contributed by atoms with E-state index in [9.17, 15) is 38.2 Å². The van der Waals surface area contributed by atoms with Crippen LogP contribution in [-0.2, 0) is 80.2 Å². The molecule has 336 valence electrons. The van der Waals surface area contributed by atoms with Gasteiger partial charge < -0.3 is 47.5 Å². The highest BCUT2D eigenvalue weighted by molar-refractivity contribution is 7.47. The molecular weight excluding hydrogens is 822 g/mol. The second kappa shape index (κ2) is 24.8. The lowest BCUT2D eigenvalue weighted by Gasteiger charge is -2.47. The van der Waals surface area contributed by atoms with Crippen molar-refractivity contribution < 1.29 is 94.3 Å². The number of allylic oxidation sites excluding steroid dienone is 1. The minimum absolute atomic E-state index is 0.0598. The second-order valence-electron chi connectivity index (χ2n) is 13.8. The van der Waals surface area contributed by atoms with E-state index in [4.69, 9.17) is 51.7 Å². The molecule has 0 aromatic heterocycles. The molecule has 3 rings (SSSR count). The highest BCUT2D eigenvalue weighted by atomic mass is 31.2. The van der Waals surface area contributed by atoms with Crippen LogP contribution in [0.15, 0.2) is 43.0 Å². The third-order valence-corrected chi connectivity index (χ3v) is 9.79. The summed E-state index contributed by atoms with van der Waals surface area (Å²) in [5.74, 6) is -5.65. The zero-order valence-electron chi connectivity index (χ0n) is 34.1. The predicted molar refractivity (Wildman–Crippen MR) is 202 cm³/mol. The number of rotatable bonds is 23. The normalized spacial score (nSPS) is 27.3. The minimum Gasteiger partial charge on any atom is -0.463 e. The SMILES string of the molecule is C=CCCCCCCCCOP(=O)(O)O[C@H]1O[C@H](COC(C)=O)[C@@H](O[C@@H]2O[C@H](COC(C)=O)[C@H](OC(C)=O)[C@H](OC(C)=O)[C@H]2OC(C)=O)[C@H](F)[C@@H]1OC(=O)c1ccccc1. The van der Waals surface area contributed by atoms with Crippen LogP contribution in [0, 0.1) is 0 Å². The molecule has 11 atom stereocenters. The van der Waals surface area contributed by atoms with Crippen LogP contribution in [0.25, 0.3) is 0 Å². The fraction of sp³-hybridized carbons (Fsp3) is 0.641. The van der Waals surface area contributed by atoms with Crippen molar-refractivity contribution in [3.05, 3.63) is 48.6 Å². The number of esters is 6. The summed E-state index contributed by atoms with van der Waals surface area (Å²) >= 11 is 0. The number of benzene rings is 1. The number of hydrogen-bond acceptors (Lipinski definition) is 18. The molecule has 1 N–H and O–H groups in total. The molecule has 19 nitrogen and oxygen atoms in total. The number of alkyl halides is 1. The van der Waals surface area contributed by atoms with E-state index in [0.717, 1.165) is 66.7 Å². The average Bonchev–Trinajstić information content (AvgIpc) is 3.17. The first-order valence-electron chi connectivity index (χ1n) is 19.3. The summed E-state index contributed by atoms with van der Waals surface area (Å²) in [6.07, 6.45) is -11.9. The predicted octanol–water partition coefficient (Wildman–Crippen LogP) is 4.36. The molecule has 1 aromatic carbocycles. The van der Waals surface area contributed by atoms with Gasteiger partial charge in [0, 0.05) is 34.6 Å². The molecule has 60 heavy (non-hydrogen) atoms. The second-order valence-corrected chi connectivity index (χ2v) is 15.2. The maximum atomic E-state index is 17.2. The summed E-state index contributed by atoms with van der Waals surface area (Å²) in [5.41, 5.74) is -0.0598. The third-order valence-electron chi connectivity index (χ3n) is 8.81. The maximum Gasteiger partial charge on any atom is 0.474 e. The van der Waals surface area contributed by atoms with E-state index in [1.807, 2.05) is 6.08 Å². The van der Waals surface area contributed by atoms with E-state index in [1.165, 1.54) is 24.3 Å². The molecule has 2 fully saturated rings. The number of carbonyl (C=O) groups excluding carboxylic acids is 6. The lowest BCUT2D eigenvalue weighted by atomic mass is 9.96. The first kappa shape index (κ1) is 50.1. The average molecular weight is 877 g/mol. The highest BCUT2D eigenvalue weighted by Crippen LogP contribution is 2.48. The monoisotopic (exact) mass is 876 g/mol. The van der Waals surface area contributed by atoms with Gasteiger partial charge in [0.2, 0.25) is 6.29 Å². The molecule has 0 spiro atoms. The number of phosphoric ester groups is 1. The fourth-order valence-electron chi connectivity index (χ4n) is 6.23. The Kier molecular flexibility index (Phi) is 20.7. The van der Waals surface area contributed by atoms with Crippen LogP contribution in [0.2, 0.25) is 0 Å². The lowest BCUT2D eigenvalue weighted by molar-refractivity contribution is -0.349. The Morgan fingerprint density at radius 3 is 1.77 bits per heavy atom. The number of phosphoric acid groups is 1. The number of unbranched alkanes of at least 4 members (excludes halogenated alkanes) is 6. The Labute approximate surface area is 347 Å². The standard InChI is InChI=1S/C39H54FO19P/c1-7-8-9-10-11-12-13-17-20-51-60(47,48)59-39-34(57-37(46)28-18-15-14-16-19-28)31(40)32(29(56-39)21-49-23(2)41)58-38-36(54-27(6)45)35(53-26(5)44)33(52-25(4)43)30(55-38)22-50-24(3)42/h7,14-16,18-19,29-36,38-39H,1,8-13,17,20-22H2,2-6H3,(H,47,48)/t29-,30-,31+,32-,33+,34+,35+,36-,38+,39-/m1/s1. The van der Waals surface area contributed by atoms with Crippen molar-refractivity contribution in [2.45, 2.75) is 141 Å². The summed E-state index contributed by atoms with van der Waals surface area (Å²) in [7, 11) is -5.08. The molecule has 1 unspecified atom stereocenters. The summed E-state index contributed by atoms with van der Waals surface area (Å²) in [6, 6.07) is 7.30. The molecule has 2 aliphatic heterocycles. The fourth-order valence-corrected chi connectivity index (χ4v) is 7.08. The molecule has 21 heteroatoms. The Morgan fingerprint density at radius 2 is 1.20 bits per heavy atom. The topological polar surface area (TPSA) is 241 Å². The van der Waals surface area contributed by atoms with Crippen molar-refractivity contribution in [3.63, 3.8) is 0 Å². The van der Waals surface area contributed by atoms with Crippen molar-refractivity contribution >= 4 is 43.6 Å². The van der Waals surface area contributed by atoms with Crippen LogP contribution in [-0.4, -0.2) is 122 Å². The van der Waals surface area contributed by atoms with Gasteiger partial charge >= 0.3 is 43.6 Å². The maximum absolute atomic E-state index is 17.2. The Hall–Kier alpha value is -4.30. The number of carbonyl (C=O) groups is 6. The van der Waals surface area contributed by atoms with E-state index in [-0.39, 0.29) is 12.2 Å². The molecule has 0 amide bonds. The largest absolute Gasteiger partial charge is 0.474 e. The van der Waals surface area contributed by atoms with Gasteiger partial charge in [-0.3, -0.25) is 33.0 Å². The van der Waals surface area contributed by atoms with E-state index < -0.39 is 118 Å². The van der Waals surface area contributed by atoms with Crippen molar-refractivity contribution in [1.29, 1.82) is 0 Å². The highest BCUT2D eigenvalue weighted by Gasteiger charge is 2.58. The van der Waals surface area contributed by atoms with Crippen molar-refractivity contribution in [2.75, 3.05) is 19.8 Å². The van der Waals surface area contributed by atoms with E-state index in [1.54, 1.807) is 6.07 Å². The van der Waals surface area contributed by atoms with Gasteiger partial charge in [-0.1, -0.05) is 50.0 Å².